The molecule has 0 saturated carbocycles. The molecular formula is C11H10ClN3O3S. The molecule has 1 aromatic rings. The number of primary sulfonamides is 1. The highest BCUT2D eigenvalue weighted by molar-refractivity contribution is 7.89. The number of halogens is 1. The molecule has 1 atom stereocenters. The molecule has 8 heteroatoms. The van der Waals surface area contributed by atoms with Crippen LogP contribution in [-0.4, -0.2) is 26.1 Å². The van der Waals surface area contributed by atoms with Crippen molar-refractivity contribution in [3.8, 4) is 6.07 Å². The van der Waals surface area contributed by atoms with E-state index in [9.17, 15) is 13.2 Å². The fourth-order valence-corrected chi connectivity index (χ4v) is 2.94. The van der Waals surface area contributed by atoms with Crippen molar-refractivity contribution in [2.24, 2.45) is 5.14 Å². The Morgan fingerprint density at radius 1 is 1.47 bits per heavy atom. The third kappa shape index (κ3) is 2.71. The van der Waals surface area contributed by atoms with Gasteiger partial charge in [-0.05, 0) is 18.2 Å². The summed E-state index contributed by atoms with van der Waals surface area (Å²) in [5, 5.41) is 13.1. The summed E-state index contributed by atoms with van der Waals surface area (Å²) in [6.07, 6.45) is -0.158. The lowest BCUT2D eigenvalue weighted by molar-refractivity contribution is -0.117. The quantitative estimate of drug-likeness (QED) is 0.863. The predicted octanol–water partition coefficient (Wildman–Crippen LogP) is 0.605. The van der Waals surface area contributed by atoms with E-state index < -0.39 is 15.3 Å². The van der Waals surface area contributed by atoms with Gasteiger partial charge in [-0.25, -0.2) is 13.6 Å². The van der Waals surface area contributed by atoms with Gasteiger partial charge in [0.25, 0.3) is 0 Å². The number of carbonyl (C=O) groups excluding carboxylic acids is 1. The van der Waals surface area contributed by atoms with E-state index in [1.807, 2.05) is 6.07 Å². The minimum absolute atomic E-state index is 0.0245. The van der Waals surface area contributed by atoms with Gasteiger partial charge in [-0.15, -0.1) is 0 Å². The van der Waals surface area contributed by atoms with Crippen LogP contribution in [0.25, 0.3) is 0 Å². The van der Waals surface area contributed by atoms with Crippen LogP contribution in [0.3, 0.4) is 0 Å². The zero-order chi connectivity index (χ0) is 14.2. The van der Waals surface area contributed by atoms with Crippen molar-refractivity contribution in [2.75, 3.05) is 11.4 Å². The average Bonchev–Trinajstić information content (AvgIpc) is 2.71. The number of hydrogen-bond donors (Lipinski definition) is 1. The second-order valence-corrected chi connectivity index (χ2v) is 6.45. The molecule has 0 bridgehead atoms. The molecule has 19 heavy (non-hydrogen) atoms. The molecule has 6 nitrogen and oxygen atoms in total. The summed E-state index contributed by atoms with van der Waals surface area (Å²) in [5.74, 6) is -0.356. The molecule has 0 spiro atoms. The summed E-state index contributed by atoms with van der Waals surface area (Å²) >= 11 is 5.99. The van der Waals surface area contributed by atoms with Crippen LogP contribution < -0.4 is 10.0 Å². The van der Waals surface area contributed by atoms with Crippen LogP contribution in [0, 0.1) is 11.3 Å². The maximum Gasteiger partial charge on any atom is 0.228 e. The van der Waals surface area contributed by atoms with Crippen LogP contribution in [-0.2, 0) is 14.8 Å². The summed E-state index contributed by atoms with van der Waals surface area (Å²) in [5.41, 5.74) is 0.750. The number of hydrogen-bond acceptors (Lipinski definition) is 4. The number of amides is 1. The standard InChI is InChI=1S/C11H10ClN3O3S/c12-9-3-7(5-13)1-2-10(9)15-6-8(4-11(15)16)19(14,17)18/h1-3,8H,4,6H2,(H2,14,17,18). The van der Waals surface area contributed by atoms with Crippen LogP contribution in [0.1, 0.15) is 12.0 Å². The molecule has 2 rings (SSSR count). The predicted molar refractivity (Wildman–Crippen MR) is 70.0 cm³/mol. The van der Waals surface area contributed by atoms with Crippen molar-refractivity contribution in [3.63, 3.8) is 0 Å². The third-order valence-corrected chi connectivity index (χ3v) is 4.47. The number of nitriles is 1. The number of rotatable bonds is 2. The van der Waals surface area contributed by atoms with Crippen LogP contribution >= 0.6 is 11.6 Å². The average molecular weight is 300 g/mol. The van der Waals surface area contributed by atoms with Crippen LogP contribution in [0.2, 0.25) is 5.02 Å². The number of nitrogens with two attached hydrogens (primary N) is 1. The fourth-order valence-electron chi connectivity index (χ4n) is 1.92. The van der Waals surface area contributed by atoms with Gasteiger partial charge >= 0.3 is 0 Å². The summed E-state index contributed by atoms with van der Waals surface area (Å²) in [6.45, 7) is -0.0245. The number of benzene rings is 1. The topological polar surface area (TPSA) is 104 Å². The van der Waals surface area contributed by atoms with Crippen molar-refractivity contribution in [1.29, 1.82) is 5.26 Å². The molecule has 1 aromatic carbocycles. The zero-order valence-corrected chi connectivity index (χ0v) is 11.3. The lowest BCUT2D eigenvalue weighted by atomic mass is 10.2. The summed E-state index contributed by atoms with van der Waals surface area (Å²) in [4.78, 5) is 13.1. The first-order valence-electron chi connectivity index (χ1n) is 5.34. The SMILES string of the molecule is N#Cc1ccc(N2CC(S(N)(=O)=O)CC2=O)c(Cl)c1. The largest absolute Gasteiger partial charge is 0.310 e. The lowest BCUT2D eigenvalue weighted by Gasteiger charge is -2.17. The smallest absolute Gasteiger partial charge is 0.228 e. The Balaban J connectivity index is 2.34. The second-order valence-electron chi connectivity index (χ2n) is 4.20. The normalized spacial score (nSPS) is 19.5. The lowest BCUT2D eigenvalue weighted by Crippen LogP contribution is -2.32. The maximum atomic E-state index is 11.8. The first-order chi connectivity index (χ1) is 8.82. The van der Waals surface area contributed by atoms with Gasteiger partial charge in [-0.1, -0.05) is 11.6 Å². The van der Waals surface area contributed by atoms with E-state index in [2.05, 4.69) is 0 Å². The third-order valence-electron chi connectivity index (χ3n) is 2.92. The van der Waals surface area contributed by atoms with Gasteiger partial charge in [0.1, 0.15) is 5.25 Å². The van der Waals surface area contributed by atoms with E-state index in [0.29, 0.717) is 11.3 Å². The number of nitrogens with zero attached hydrogens (tertiary/aromatic N) is 2. The molecule has 1 aliphatic rings. The Morgan fingerprint density at radius 3 is 2.63 bits per heavy atom. The maximum absolute atomic E-state index is 11.8. The monoisotopic (exact) mass is 299 g/mol. The van der Waals surface area contributed by atoms with Gasteiger partial charge in [-0.2, -0.15) is 5.26 Å². The van der Waals surface area contributed by atoms with Gasteiger partial charge in [0, 0.05) is 13.0 Å². The van der Waals surface area contributed by atoms with Gasteiger partial charge in [0.2, 0.25) is 15.9 Å². The molecule has 0 aromatic heterocycles. The van der Waals surface area contributed by atoms with Crippen molar-refractivity contribution < 1.29 is 13.2 Å². The van der Waals surface area contributed by atoms with Crippen molar-refractivity contribution in [2.45, 2.75) is 11.7 Å². The zero-order valence-electron chi connectivity index (χ0n) is 9.71. The van der Waals surface area contributed by atoms with Gasteiger partial charge < -0.3 is 4.90 Å². The second kappa shape index (κ2) is 4.81. The van der Waals surface area contributed by atoms with E-state index >= 15 is 0 Å². The van der Waals surface area contributed by atoms with Crippen molar-refractivity contribution >= 4 is 33.2 Å². The fraction of sp³-hybridized carbons (Fsp3) is 0.273. The summed E-state index contributed by atoms with van der Waals surface area (Å²) in [7, 11) is -3.76. The minimum atomic E-state index is -3.76. The molecule has 1 saturated heterocycles. The minimum Gasteiger partial charge on any atom is -0.310 e. The van der Waals surface area contributed by atoms with Crippen LogP contribution in [0.15, 0.2) is 18.2 Å². The van der Waals surface area contributed by atoms with Crippen LogP contribution in [0.4, 0.5) is 5.69 Å². The summed E-state index contributed by atoms with van der Waals surface area (Å²) in [6, 6.07) is 6.38. The highest BCUT2D eigenvalue weighted by Gasteiger charge is 2.37. The first-order valence-corrected chi connectivity index (χ1v) is 7.33. The molecule has 1 heterocycles. The molecular weight excluding hydrogens is 290 g/mol. The Kier molecular flexibility index (Phi) is 3.49. The van der Waals surface area contributed by atoms with Crippen molar-refractivity contribution in [3.05, 3.63) is 28.8 Å². The number of sulfonamides is 1. The van der Waals surface area contributed by atoms with E-state index in [1.54, 1.807) is 0 Å². The molecule has 1 amide bonds. The Morgan fingerprint density at radius 2 is 2.16 bits per heavy atom. The number of anilines is 1. The van der Waals surface area contributed by atoms with E-state index in [0.717, 1.165) is 0 Å². The Hall–Kier alpha value is -1.62. The van der Waals surface area contributed by atoms with E-state index in [1.165, 1.54) is 23.1 Å². The molecule has 0 radical (unpaired) electrons. The first kappa shape index (κ1) is 13.8. The molecule has 1 aliphatic heterocycles. The molecule has 1 fully saturated rings. The molecule has 0 aliphatic carbocycles. The Labute approximate surface area is 115 Å². The molecule has 2 N–H and O–H groups in total. The Bertz CT molecular complexity index is 681. The van der Waals surface area contributed by atoms with Gasteiger partial charge in [0.15, 0.2) is 0 Å². The number of carbonyl (C=O) groups is 1. The molecule has 100 valence electrons. The van der Waals surface area contributed by atoms with Gasteiger partial charge in [-0.3, -0.25) is 4.79 Å². The highest BCUT2D eigenvalue weighted by atomic mass is 35.5. The van der Waals surface area contributed by atoms with Crippen molar-refractivity contribution in [1.82, 2.24) is 0 Å². The van der Waals surface area contributed by atoms with Crippen LogP contribution in [0.5, 0.6) is 0 Å². The summed E-state index contributed by atoms with van der Waals surface area (Å²) < 4.78 is 22.5. The van der Waals surface area contributed by atoms with E-state index in [-0.39, 0.29) is 23.9 Å². The molecule has 1 unspecified atom stereocenters. The van der Waals surface area contributed by atoms with E-state index in [4.69, 9.17) is 22.0 Å². The highest BCUT2D eigenvalue weighted by Crippen LogP contribution is 2.31. The van der Waals surface area contributed by atoms with Gasteiger partial charge in [0.05, 0.1) is 22.3 Å².